The van der Waals surface area contributed by atoms with Crippen molar-refractivity contribution in [3.8, 4) is 0 Å². The van der Waals surface area contributed by atoms with Gasteiger partial charge in [0.25, 0.3) is 0 Å². The normalized spacial score (nSPS) is 30.6. The number of piperidine rings is 1. The van der Waals surface area contributed by atoms with Crippen molar-refractivity contribution in [2.75, 3.05) is 19.6 Å². The predicted molar refractivity (Wildman–Crippen MR) is 69.6 cm³/mol. The Balaban J connectivity index is 1.79. The summed E-state index contributed by atoms with van der Waals surface area (Å²) in [7, 11) is 0. The molecule has 1 aliphatic heterocycles. The van der Waals surface area contributed by atoms with Crippen molar-refractivity contribution >= 4 is 0 Å². The van der Waals surface area contributed by atoms with Crippen LogP contribution in [0.1, 0.15) is 39.0 Å². The molecule has 0 radical (unpaired) electrons. The molecule has 1 saturated heterocycles. The first-order valence-corrected chi connectivity index (χ1v) is 6.91. The maximum absolute atomic E-state index is 3.87. The molecule has 2 nitrogen and oxygen atoms in total. The largest absolute Gasteiger partial charge is 0.313 e. The van der Waals surface area contributed by atoms with Gasteiger partial charge in [0.1, 0.15) is 0 Å². The fourth-order valence-electron chi connectivity index (χ4n) is 2.87. The molecule has 16 heavy (non-hydrogen) atoms. The van der Waals surface area contributed by atoms with Gasteiger partial charge in [0.2, 0.25) is 0 Å². The van der Waals surface area contributed by atoms with Crippen LogP contribution in [0.5, 0.6) is 0 Å². The molecule has 1 heterocycles. The fourth-order valence-corrected chi connectivity index (χ4v) is 2.87. The van der Waals surface area contributed by atoms with Gasteiger partial charge in [0, 0.05) is 25.2 Å². The highest BCUT2D eigenvalue weighted by molar-refractivity contribution is 4.91. The summed E-state index contributed by atoms with van der Waals surface area (Å²) in [4.78, 5) is 2.61. The SMILES string of the molecule is C=CCN(CC1CC(CC)CCN1)C1CC1. The van der Waals surface area contributed by atoms with E-state index in [1.54, 1.807) is 0 Å². The van der Waals surface area contributed by atoms with E-state index in [1.807, 2.05) is 0 Å². The molecule has 2 rings (SSSR count). The van der Waals surface area contributed by atoms with E-state index in [9.17, 15) is 0 Å². The first-order valence-electron chi connectivity index (χ1n) is 6.91. The highest BCUT2D eigenvalue weighted by Crippen LogP contribution is 2.28. The molecule has 2 heteroatoms. The second kappa shape index (κ2) is 5.83. The van der Waals surface area contributed by atoms with Crippen molar-refractivity contribution in [2.24, 2.45) is 5.92 Å². The second-order valence-corrected chi connectivity index (χ2v) is 5.42. The van der Waals surface area contributed by atoms with Crippen LogP contribution in [0.3, 0.4) is 0 Å². The van der Waals surface area contributed by atoms with E-state index in [-0.39, 0.29) is 0 Å². The molecule has 0 spiro atoms. The number of nitrogens with one attached hydrogen (secondary N) is 1. The van der Waals surface area contributed by atoms with Gasteiger partial charge in [0.05, 0.1) is 0 Å². The standard InChI is InChI=1S/C14H26N2/c1-3-9-16(14-5-6-14)11-13-10-12(4-2)7-8-15-13/h3,12-15H,1,4-11H2,2H3. The van der Waals surface area contributed by atoms with Gasteiger partial charge in [-0.1, -0.05) is 19.4 Å². The van der Waals surface area contributed by atoms with E-state index in [0.717, 1.165) is 24.5 Å². The van der Waals surface area contributed by atoms with Crippen molar-refractivity contribution < 1.29 is 0 Å². The number of hydrogen-bond donors (Lipinski definition) is 1. The lowest BCUT2D eigenvalue weighted by atomic mass is 9.90. The zero-order chi connectivity index (χ0) is 11.4. The number of nitrogens with zero attached hydrogens (tertiary/aromatic N) is 1. The van der Waals surface area contributed by atoms with Crippen LogP contribution in [0, 0.1) is 5.92 Å². The molecule has 0 amide bonds. The molecule has 1 saturated carbocycles. The van der Waals surface area contributed by atoms with Gasteiger partial charge in [-0.15, -0.1) is 6.58 Å². The Morgan fingerprint density at radius 2 is 2.19 bits per heavy atom. The van der Waals surface area contributed by atoms with Gasteiger partial charge < -0.3 is 5.32 Å². The summed E-state index contributed by atoms with van der Waals surface area (Å²) in [5.74, 6) is 0.955. The van der Waals surface area contributed by atoms with E-state index in [4.69, 9.17) is 0 Å². The van der Waals surface area contributed by atoms with Crippen LogP contribution in [-0.2, 0) is 0 Å². The Bertz CT molecular complexity index is 223. The molecule has 0 aromatic carbocycles. The molecule has 2 unspecified atom stereocenters. The van der Waals surface area contributed by atoms with Crippen LogP contribution in [0.25, 0.3) is 0 Å². The van der Waals surface area contributed by atoms with Crippen LogP contribution >= 0.6 is 0 Å². The van der Waals surface area contributed by atoms with Crippen molar-refractivity contribution in [2.45, 2.75) is 51.1 Å². The van der Waals surface area contributed by atoms with E-state index >= 15 is 0 Å². The van der Waals surface area contributed by atoms with Crippen LogP contribution in [0.15, 0.2) is 12.7 Å². The summed E-state index contributed by atoms with van der Waals surface area (Å²) in [6, 6.07) is 1.58. The third-order valence-corrected chi connectivity index (χ3v) is 4.06. The average Bonchev–Trinajstić information content (AvgIpc) is 3.13. The molecule has 0 bridgehead atoms. The zero-order valence-corrected chi connectivity index (χ0v) is 10.6. The van der Waals surface area contributed by atoms with Gasteiger partial charge in [-0.05, 0) is 38.1 Å². The van der Waals surface area contributed by atoms with Gasteiger partial charge in [-0.3, -0.25) is 4.90 Å². The molecule has 0 aromatic rings. The van der Waals surface area contributed by atoms with Gasteiger partial charge in [0.15, 0.2) is 0 Å². The highest BCUT2D eigenvalue weighted by atomic mass is 15.2. The average molecular weight is 222 g/mol. The van der Waals surface area contributed by atoms with Crippen molar-refractivity contribution in [1.82, 2.24) is 10.2 Å². The van der Waals surface area contributed by atoms with Gasteiger partial charge in [-0.2, -0.15) is 0 Å². The van der Waals surface area contributed by atoms with Crippen LogP contribution < -0.4 is 5.32 Å². The number of hydrogen-bond acceptors (Lipinski definition) is 2. The summed E-state index contributed by atoms with van der Waals surface area (Å²) in [5, 5.41) is 3.68. The lowest BCUT2D eigenvalue weighted by molar-refractivity contribution is 0.206. The third-order valence-electron chi connectivity index (χ3n) is 4.06. The fraction of sp³-hybridized carbons (Fsp3) is 0.857. The molecular weight excluding hydrogens is 196 g/mol. The maximum Gasteiger partial charge on any atom is 0.0197 e. The molecule has 2 fully saturated rings. The molecule has 1 N–H and O–H groups in total. The van der Waals surface area contributed by atoms with Gasteiger partial charge in [-0.25, -0.2) is 0 Å². The third kappa shape index (κ3) is 3.33. The zero-order valence-electron chi connectivity index (χ0n) is 10.6. The van der Waals surface area contributed by atoms with Crippen LogP contribution in [0.2, 0.25) is 0 Å². The summed E-state index contributed by atoms with van der Waals surface area (Å²) < 4.78 is 0. The first-order chi connectivity index (χ1) is 7.83. The predicted octanol–water partition coefficient (Wildman–Crippen LogP) is 2.42. The minimum atomic E-state index is 0.722. The lowest BCUT2D eigenvalue weighted by Crippen LogP contribution is -2.46. The molecule has 1 aliphatic carbocycles. The van der Waals surface area contributed by atoms with Crippen LogP contribution in [-0.4, -0.2) is 36.6 Å². The van der Waals surface area contributed by atoms with E-state index in [0.29, 0.717) is 0 Å². The van der Waals surface area contributed by atoms with Gasteiger partial charge >= 0.3 is 0 Å². The van der Waals surface area contributed by atoms with Crippen molar-refractivity contribution in [3.05, 3.63) is 12.7 Å². The minimum absolute atomic E-state index is 0.722. The Hall–Kier alpha value is -0.340. The van der Waals surface area contributed by atoms with Crippen molar-refractivity contribution in [1.29, 1.82) is 0 Å². The monoisotopic (exact) mass is 222 g/mol. The van der Waals surface area contributed by atoms with E-state index in [2.05, 4.69) is 29.8 Å². The topological polar surface area (TPSA) is 15.3 Å². The molecule has 2 aliphatic rings. The Morgan fingerprint density at radius 3 is 2.81 bits per heavy atom. The van der Waals surface area contributed by atoms with Crippen LogP contribution in [0.4, 0.5) is 0 Å². The Kier molecular flexibility index (Phi) is 4.42. The van der Waals surface area contributed by atoms with Crippen molar-refractivity contribution in [3.63, 3.8) is 0 Å². The minimum Gasteiger partial charge on any atom is -0.313 e. The summed E-state index contributed by atoms with van der Waals surface area (Å²) in [5.41, 5.74) is 0. The second-order valence-electron chi connectivity index (χ2n) is 5.42. The quantitative estimate of drug-likeness (QED) is 0.694. The summed E-state index contributed by atoms with van der Waals surface area (Å²) in [6.45, 7) is 9.72. The van der Waals surface area contributed by atoms with E-state index in [1.165, 1.54) is 45.2 Å². The number of rotatable bonds is 6. The molecular formula is C14H26N2. The van der Waals surface area contributed by atoms with E-state index < -0.39 is 0 Å². The maximum atomic E-state index is 3.87. The lowest BCUT2D eigenvalue weighted by Gasteiger charge is -2.33. The molecule has 92 valence electrons. The summed E-state index contributed by atoms with van der Waals surface area (Å²) in [6.07, 6.45) is 8.95. The Labute approximate surface area is 100 Å². The summed E-state index contributed by atoms with van der Waals surface area (Å²) >= 11 is 0. The first kappa shape index (κ1) is 12.1. The highest BCUT2D eigenvalue weighted by Gasteiger charge is 2.31. The smallest absolute Gasteiger partial charge is 0.0197 e. The molecule has 0 aromatic heterocycles. The molecule has 2 atom stereocenters. The Morgan fingerprint density at radius 1 is 1.38 bits per heavy atom.